The highest BCUT2D eigenvalue weighted by atomic mass is 32.2. The van der Waals surface area contributed by atoms with E-state index in [1.807, 2.05) is 36.5 Å². The summed E-state index contributed by atoms with van der Waals surface area (Å²) in [6, 6.07) is 9.60. The van der Waals surface area contributed by atoms with Crippen LogP contribution in [0.4, 0.5) is 5.82 Å². The number of H-pyrrole nitrogens is 2. The fourth-order valence-corrected chi connectivity index (χ4v) is 5.54. The summed E-state index contributed by atoms with van der Waals surface area (Å²) in [7, 11) is 1.64. The molecule has 0 saturated heterocycles. The number of nitrogens with zero attached hydrogens (tertiary/aromatic N) is 2. The lowest BCUT2D eigenvalue weighted by atomic mass is 9.70. The fourth-order valence-electron chi connectivity index (χ4n) is 4.77. The van der Waals surface area contributed by atoms with Crippen molar-refractivity contribution in [1.29, 1.82) is 0 Å². The van der Waals surface area contributed by atoms with Gasteiger partial charge in [-0.3, -0.25) is 9.89 Å². The second-order valence-electron chi connectivity index (χ2n) is 9.26. The SMILES string of the molecule is COc1ccc2[nH]c(Sc3ccc(C4C5=C(CC(C)(C)CC5=O)Nc5n[nH]cc54)o3)nc2c1. The van der Waals surface area contributed by atoms with E-state index in [0.717, 1.165) is 56.8 Å². The molecule has 8 nitrogen and oxygen atoms in total. The molecular weight excluding hydrogens is 438 g/mol. The molecule has 1 unspecified atom stereocenters. The summed E-state index contributed by atoms with van der Waals surface area (Å²) < 4.78 is 11.5. The number of rotatable bonds is 4. The zero-order chi connectivity index (χ0) is 22.7. The predicted molar refractivity (Wildman–Crippen MR) is 125 cm³/mol. The number of fused-ring (bicyclic) bond motifs is 2. The van der Waals surface area contributed by atoms with E-state index < -0.39 is 0 Å². The normalized spacial score (nSPS) is 19.4. The molecule has 6 rings (SSSR count). The molecule has 1 aromatic carbocycles. The number of hydrogen-bond acceptors (Lipinski definition) is 7. The van der Waals surface area contributed by atoms with E-state index in [-0.39, 0.29) is 17.1 Å². The van der Waals surface area contributed by atoms with Crippen LogP contribution in [0.3, 0.4) is 0 Å². The van der Waals surface area contributed by atoms with Crippen LogP contribution in [0.2, 0.25) is 0 Å². The third kappa shape index (κ3) is 3.43. The molecule has 168 valence electrons. The number of furan rings is 1. The molecule has 33 heavy (non-hydrogen) atoms. The Labute approximate surface area is 194 Å². The van der Waals surface area contributed by atoms with E-state index >= 15 is 0 Å². The van der Waals surface area contributed by atoms with Gasteiger partial charge in [-0.25, -0.2) is 4.98 Å². The average molecular weight is 462 g/mol. The largest absolute Gasteiger partial charge is 0.497 e. The monoisotopic (exact) mass is 461 g/mol. The Hall–Kier alpha value is -3.46. The minimum atomic E-state index is -0.284. The summed E-state index contributed by atoms with van der Waals surface area (Å²) in [5.74, 6) is 2.11. The van der Waals surface area contributed by atoms with E-state index in [9.17, 15) is 4.79 Å². The van der Waals surface area contributed by atoms with Crippen molar-refractivity contribution >= 4 is 34.4 Å². The highest BCUT2D eigenvalue weighted by Crippen LogP contribution is 2.49. The molecule has 4 aromatic rings. The number of allylic oxidation sites excluding steroid dienone is 2. The van der Waals surface area contributed by atoms with E-state index in [1.54, 1.807) is 7.11 Å². The molecule has 0 bridgehead atoms. The van der Waals surface area contributed by atoms with Gasteiger partial charge in [0.05, 0.1) is 24.1 Å². The van der Waals surface area contributed by atoms with E-state index in [1.165, 1.54) is 11.8 Å². The van der Waals surface area contributed by atoms with Gasteiger partial charge in [-0.05, 0) is 47.9 Å². The number of ketones is 1. The number of benzene rings is 1. The van der Waals surface area contributed by atoms with E-state index in [2.05, 4.69) is 39.3 Å². The lowest BCUT2D eigenvalue weighted by Crippen LogP contribution is -2.33. The molecule has 0 saturated carbocycles. The van der Waals surface area contributed by atoms with Gasteiger partial charge in [0.1, 0.15) is 11.5 Å². The van der Waals surface area contributed by atoms with Crippen molar-refractivity contribution in [3.05, 3.63) is 59.1 Å². The fraction of sp³-hybridized carbons (Fsp3) is 0.292. The first-order chi connectivity index (χ1) is 15.9. The molecule has 1 aliphatic heterocycles. The summed E-state index contributed by atoms with van der Waals surface area (Å²) in [4.78, 5) is 21.2. The maximum atomic E-state index is 13.2. The minimum absolute atomic E-state index is 0.0879. The number of Topliss-reactive ketones (excluding diaryl/α,β-unsaturated/α-hetero) is 1. The number of methoxy groups -OCH3 is 1. The quantitative estimate of drug-likeness (QED) is 0.381. The van der Waals surface area contributed by atoms with Crippen molar-refractivity contribution in [1.82, 2.24) is 20.2 Å². The van der Waals surface area contributed by atoms with Crippen molar-refractivity contribution in [2.75, 3.05) is 12.4 Å². The van der Waals surface area contributed by atoms with Gasteiger partial charge in [-0.15, -0.1) is 0 Å². The topological polar surface area (TPSA) is 109 Å². The number of carbonyl (C=O) groups is 1. The molecule has 0 radical (unpaired) electrons. The molecule has 1 aliphatic carbocycles. The zero-order valence-corrected chi connectivity index (χ0v) is 19.3. The van der Waals surface area contributed by atoms with Crippen LogP contribution in [-0.4, -0.2) is 33.1 Å². The van der Waals surface area contributed by atoms with Crippen molar-refractivity contribution in [3.63, 3.8) is 0 Å². The minimum Gasteiger partial charge on any atom is -0.497 e. The van der Waals surface area contributed by atoms with Crippen LogP contribution in [-0.2, 0) is 4.79 Å². The van der Waals surface area contributed by atoms with E-state index in [0.29, 0.717) is 11.5 Å². The summed E-state index contributed by atoms with van der Waals surface area (Å²) >= 11 is 1.41. The molecule has 0 amide bonds. The van der Waals surface area contributed by atoms with Crippen LogP contribution in [0, 0.1) is 5.41 Å². The van der Waals surface area contributed by atoms with Gasteiger partial charge < -0.3 is 19.5 Å². The van der Waals surface area contributed by atoms with Crippen LogP contribution < -0.4 is 10.1 Å². The summed E-state index contributed by atoms with van der Waals surface area (Å²) in [6.07, 6.45) is 3.15. The molecule has 0 fully saturated rings. The molecule has 3 N–H and O–H groups in total. The average Bonchev–Trinajstić information content (AvgIpc) is 3.50. The third-order valence-corrected chi connectivity index (χ3v) is 7.02. The first-order valence-electron chi connectivity index (χ1n) is 10.8. The number of imidazole rings is 1. The Bertz CT molecular complexity index is 1430. The standard InChI is InChI=1S/C24H23N5O3S/c1-24(2)9-16-21(17(30)10-24)20(13-11-25-29-22(13)26-16)18-6-7-19(32-18)33-23-27-14-5-4-12(31-3)8-15(14)28-23/h4-8,11,20H,9-10H2,1-3H3,(H,27,28)(H2,25,26,29). The Morgan fingerprint density at radius 1 is 1.21 bits per heavy atom. The van der Waals surface area contributed by atoms with Crippen molar-refractivity contribution < 1.29 is 13.9 Å². The van der Waals surface area contributed by atoms with Crippen molar-refractivity contribution in [3.8, 4) is 5.75 Å². The van der Waals surface area contributed by atoms with Crippen molar-refractivity contribution in [2.24, 2.45) is 5.41 Å². The molecule has 0 spiro atoms. The highest BCUT2D eigenvalue weighted by molar-refractivity contribution is 7.99. The second kappa shape index (κ2) is 7.28. The Balaban J connectivity index is 1.35. The van der Waals surface area contributed by atoms with Gasteiger partial charge >= 0.3 is 0 Å². The van der Waals surface area contributed by atoms with Gasteiger partial charge in [0, 0.05) is 35.5 Å². The van der Waals surface area contributed by atoms with Gasteiger partial charge in [0.25, 0.3) is 0 Å². The smallest absolute Gasteiger partial charge is 0.174 e. The van der Waals surface area contributed by atoms with Gasteiger partial charge in [-0.1, -0.05) is 13.8 Å². The molecule has 2 aliphatic rings. The Morgan fingerprint density at radius 3 is 2.94 bits per heavy atom. The lowest BCUT2D eigenvalue weighted by Gasteiger charge is -2.37. The summed E-state index contributed by atoms with van der Waals surface area (Å²) in [5, 5.41) is 12.1. The molecule has 4 heterocycles. The lowest BCUT2D eigenvalue weighted by molar-refractivity contribution is -0.118. The van der Waals surface area contributed by atoms with Crippen LogP contribution in [0.25, 0.3) is 11.0 Å². The van der Waals surface area contributed by atoms with Crippen molar-refractivity contribution in [2.45, 2.75) is 42.9 Å². The first kappa shape index (κ1) is 20.2. The van der Waals surface area contributed by atoms with Crippen LogP contribution in [0.1, 0.15) is 43.9 Å². The van der Waals surface area contributed by atoms with Crippen LogP contribution >= 0.6 is 11.8 Å². The second-order valence-corrected chi connectivity index (χ2v) is 10.3. The number of aromatic amines is 2. The third-order valence-electron chi connectivity index (χ3n) is 6.21. The zero-order valence-electron chi connectivity index (χ0n) is 18.5. The maximum absolute atomic E-state index is 13.2. The Morgan fingerprint density at radius 2 is 2.09 bits per heavy atom. The molecule has 3 aromatic heterocycles. The number of anilines is 1. The van der Waals surface area contributed by atoms with E-state index in [4.69, 9.17) is 9.15 Å². The molecule has 1 atom stereocenters. The number of ether oxygens (including phenoxy) is 1. The van der Waals surface area contributed by atoms with Crippen LogP contribution in [0.5, 0.6) is 5.75 Å². The van der Waals surface area contributed by atoms with Gasteiger partial charge in [-0.2, -0.15) is 5.10 Å². The molecular formula is C24H23N5O3S. The summed E-state index contributed by atoms with van der Waals surface area (Å²) in [6.45, 7) is 4.24. The highest BCUT2D eigenvalue weighted by Gasteiger charge is 2.42. The van der Waals surface area contributed by atoms with Gasteiger partial charge in [0.2, 0.25) is 0 Å². The number of nitrogens with one attached hydrogen (secondary N) is 3. The first-order valence-corrected chi connectivity index (χ1v) is 11.6. The number of carbonyl (C=O) groups excluding carboxylic acids is 1. The number of hydrogen-bond donors (Lipinski definition) is 3. The molecule has 9 heteroatoms. The maximum Gasteiger partial charge on any atom is 0.174 e. The van der Waals surface area contributed by atoms with Gasteiger partial charge in [0.15, 0.2) is 21.8 Å². The van der Waals surface area contributed by atoms with Crippen LogP contribution in [0.15, 0.2) is 62.5 Å². The summed E-state index contributed by atoms with van der Waals surface area (Å²) in [5.41, 5.74) is 4.31. The predicted octanol–water partition coefficient (Wildman–Crippen LogP) is 5.24. The number of aromatic nitrogens is 4. The Kier molecular flexibility index (Phi) is 4.45.